The quantitative estimate of drug-likeness (QED) is 0.360. The first-order valence-electron chi connectivity index (χ1n) is 14.8. The van der Waals surface area contributed by atoms with Gasteiger partial charge in [-0.25, -0.2) is 22.9 Å². The van der Waals surface area contributed by atoms with Gasteiger partial charge in [0.25, 0.3) is 5.92 Å². The van der Waals surface area contributed by atoms with Crippen LogP contribution >= 0.6 is 11.3 Å². The second kappa shape index (κ2) is 12.2. The van der Waals surface area contributed by atoms with Crippen molar-refractivity contribution in [3.63, 3.8) is 0 Å². The topological polar surface area (TPSA) is 107 Å². The molecule has 2 N–H and O–H groups in total. The molecule has 1 aromatic carbocycles. The van der Waals surface area contributed by atoms with E-state index in [9.17, 15) is 19.1 Å². The number of benzene rings is 1. The molecule has 4 atom stereocenters. The third kappa shape index (κ3) is 6.01. The number of hydrogen-bond donors (Lipinski definition) is 2. The molecule has 44 heavy (non-hydrogen) atoms. The van der Waals surface area contributed by atoms with Crippen molar-refractivity contribution < 1.29 is 32.6 Å². The number of fused-ring (bicyclic) bond motifs is 1. The number of carbonyl (C=O) groups excluding carboxylic acids is 1. The molecule has 0 spiro atoms. The molecule has 0 bridgehead atoms. The fraction of sp³-hybridized carbons (Fsp3) is 0.548. The Kier molecular flexibility index (Phi) is 8.94. The molecule has 0 radical (unpaired) electrons. The number of carbonyl (C=O) groups is 2. The number of ether oxygens (including phenoxy) is 1. The lowest BCUT2D eigenvalue weighted by Crippen LogP contribution is -2.50. The summed E-state index contributed by atoms with van der Waals surface area (Å²) in [7, 11) is 0. The summed E-state index contributed by atoms with van der Waals surface area (Å²) >= 11 is 1.32. The van der Waals surface area contributed by atoms with E-state index in [0.717, 1.165) is 0 Å². The SMILES string of the molecule is CCOC(=O)C1=C(CN2CC(F)(F)[C@H]3[C@@H]2CCN3C(C)CC(C)(C)C(=O)O)NC(c2nccs2)=N[C@H]1c1cccc(F)c1C. The summed E-state index contributed by atoms with van der Waals surface area (Å²) in [6, 6.07) is 1.61. The van der Waals surface area contributed by atoms with E-state index < -0.39 is 53.8 Å². The molecule has 0 amide bonds. The number of aliphatic imine (C=N–C) groups is 1. The highest BCUT2D eigenvalue weighted by Crippen LogP contribution is 2.44. The van der Waals surface area contributed by atoms with Gasteiger partial charge < -0.3 is 15.2 Å². The molecular weight excluding hydrogens is 595 g/mol. The van der Waals surface area contributed by atoms with Gasteiger partial charge in [-0.05, 0) is 64.7 Å². The molecule has 13 heteroatoms. The van der Waals surface area contributed by atoms with E-state index in [1.54, 1.807) is 68.1 Å². The minimum atomic E-state index is -3.08. The largest absolute Gasteiger partial charge is 0.481 e. The second-order valence-electron chi connectivity index (χ2n) is 12.4. The number of halogens is 3. The summed E-state index contributed by atoms with van der Waals surface area (Å²) in [5.74, 6) is -4.80. The van der Waals surface area contributed by atoms with Gasteiger partial charge in [0, 0.05) is 42.4 Å². The lowest BCUT2D eigenvalue weighted by atomic mass is 9.85. The number of esters is 1. The maximum Gasteiger partial charge on any atom is 0.338 e. The fourth-order valence-corrected chi connectivity index (χ4v) is 7.35. The number of nitrogens with one attached hydrogen (secondary N) is 1. The van der Waals surface area contributed by atoms with Gasteiger partial charge in [0.1, 0.15) is 11.9 Å². The molecule has 1 aromatic heterocycles. The summed E-state index contributed by atoms with van der Waals surface area (Å²) in [6.45, 7) is 8.21. The van der Waals surface area contributed by atoms with Crippen LogP contribution in [0.1, 0.15) is 62.7 Å². The molecular formula is C31H38F3N5O4S. The monoisotopic (exact) mass is 633 g/mol. The molecule has 1 unspecified atom stereocenters. The second-order valence-corrected chi connectivity index (χ2v) is 13.3. The zero-order valence-corrected chi connectivity index (χ0v) is 26.3. The van der Waals surface area contributed by atoms with Gasteiger partial charge in [0.05, 0.1) is 30.2 Å². The Bertz CT molecular complexity index is 1480. The predicted molar refractivity (Wildman–Crippen MR) is 160 cm³/mol. The summed E-state index contributed by atoms with van der Waals surface area (Å²) in [6.07, 6.45) is 2.30. The molecule has 3 aliphatic heterocycles. The van der Waals surface area contributed by atoms with Crippen LogP contribution in [0.5, 0.6) is 0 Å². The van der Waals surface area contributed by atoms with Crippen molar-refractivity contribution in [2.45, 2.75) is 77.6 Å². The van der Waals surface area contributed by atoms with E-state index in [1.807, 2.05) is 0 Å². The number of carboxylic acids is 1. The van der Waals surface area contributed by atoms with Gasteiger partial charge in [0.15, 0.2) is 10.8 Å². The van der Waals surface area contributed by atoms with Crippen molar-refractivity contribution in [3.8, 4) is 0 Å². The van der Waals surface area contributed by atoms with Crippen molar-refractivity contribution in [3.05, 3.63) is 63.0 Å². The van der Waals surface area contributed by atoms with E-state index in [1.165, 1.54) is 17.4 Å². The van der Waals surface area contributed by atoms with Gasteiger partial charge in [0.2, 0.25) is 0 Å². The zero-order chi connectivity index (χ0) is 32.0. The standard InChI is InChI=1S/C31H38F3N5O4S/c1-6-43-28(40)23-21(36-26(27-35-11-13-44-27)37-24(23)19-8-7-9-20(32)18(19)3)15-38-16-31(33,34)25-22(38)10-12-39(25)17(2)14-30(4,5)29(41)42/h7-9,11,13,17,22,24-25H,6,10,12,14-16H2,1-5H3,(H,36,37)(H,41,42)/t17?,22-,24-,25+/m0/s1. The average molecular weight is 634 g/mol. The number of hydrogen-bond acceptors (Lipinski definition) is 9. The molecule has 0 saturated carbocycles. The number of rotatable bonds is 10. The van der Waals surface area contributed by atoms with Crippen LogP contribution in [0, 0.1) is 18.2 Å². The van der Waals surface area contributed by atoms with Gasteiger partial charge in [-0.3, -0.25) is 19.6 Å². The van der Waals surface area contributed by atoms with Crippen molar-refractivity contribution >= 4 is 29.1 Å². The number of alkyl halides is 2. The Morgan fingerprint density at radius 2 is 2.07 bits per heavy atom. The smallest absolute Gasteiger partial charge is 0.338 e. The maximum absolute atomic E-state index is 15.8. The molecule has 2 fully saturated rings. The van der Waals surface area contributed by atoms with Crippen LogP contribution in [0.4, 0.5) is 13.2 Å². The van der Waals surface area contributed by atoms with Gasteiger partial charge in [-0.2, -0.15) is 0 Å². The van der Waals surface area contributed by atoms with Crippen molar-refractivity contribution in [1.82, 2.24) is 20.1 Å². The number of likely N-dealkylation sites (tertiary alicyclic amines) is 2. The molecule has 0 aliphatic carbocycles. The zero-order valence-electron chi connectivity index (χ0n) is 25.4. The minimum Gasteiger partial charge on any atom is -0.481 e. The Morgan fingerprint density at radius 1 is 1.32 bits per heavy atom. The van der Waals surface area contributed by atoms with E-state index in [0.29, 0.717) is 40.6 Å². The van der Waals surface area contributed by atoms with E-state index >= 15 is 8.78 Å². The number of aromatic nitrogens is 1. The van der Waals surface area contributed by atoms with Crippen LogP contribution < -0.4 is 5.32 Å². The molecule has 9 nitrogen and oxygen atoms in total. The minimum absolute atomic E-state index is 0.0248. The molecule has 2 aromatic rings. The summed E-state index contributed by atoms with van der Waals surface area (Å²) < 4.78 is 51.8. The van der Waals surface area contributed by atoms with Crippen LogP contribution in [0.2, 0.25) is 0 Å². The number of carboxylic acid groups (broad SMARTS) is 1. The number of nitrogens with zero attached hydrogens (tertiary/aromatic N) is 4. The fourth-order valence-electron chi connectivity index (χ4n) is 6.77. The van der Waals surface area contributed by atoms with Gasteiger partial charge in [-0.15, -0.1) is 11.3 Å². The lowest BCUT2D eigenvalue weighted by molar-refractivity contribution is -0.148. The predicted octanol–water partition coefficient (Wildman–Crippen LogP) is 4.78. The Labute approximate surface area is 258 Å². The van der Waals surface area contributed by atoms with E-state index in [4.69, 9.17) is 9.73 Å². The molecule has 5 rings (SSSR count). The average Bonchev–Trinajstić information content (AvgIpc) is 3.69. The van der Waals surface area contributed by atoms with Gasteiger partial charge in [-0.1, -0.05) is 12.1 Å². The van der Waals surface area contributed by atoms with E-state index in [-0.39, 0.29) is 31.2 Å². The molecule has 238 valence electrons. The van der Waals surface area contributed by atoms with Crippen LogP contribution in [0.3, 0.4) is 0 Å². The van der Waals surface area contributed by atoms with Crippen LogP contribution in [0.25, 0.3) is 0 Å². The van der Waals surface area contributed by atoms with E-state index in [2.05, 4.69) is 10.3 Å². The number of amidine groups is 1. The van der Waals surface area contributed by atoms with Crippen molar-refractivity contribution in [2.24, 2.45) is 10.4 Å². The number of aliphatic carboxylic acids is 1. The molecule has 2 saturated heterocycles. The third-order valence-electron chi connectivity index (χ3n) is 8.89. The normalized spacial score (nSPS) is 24.5. The Morgan fingerprint density at radius 3 is 2.73 bits per heavy atom. The highest BCUT2D eigenvalue weighted by atomic mass is 32.1. The lowest BCUT2D eigenvalue weighted by Gasteiger charge is -2.36. The van der Waals surface area contributed by atoms with Crippen molar-refractivity contribution in [1.29, 1.82) is 0 Å². The molecule has 4 heterocycles. The Balaban J connectivity index is 1.52. The first-order chi connectivity index (χ1) is 20.7. The third-order valence-corrected chi connectivity index (χ3v) is 9.67. The van der Waals surface area contributed by atoms with Crippen LogP contribution in [-0.2, 0) is 14.3 Å². The van der Waals surface area contributed by atoms with Crippen LogP contribution in [0.15, 0.2) is 46.0 Å². The Hall–Kier alpha value is -3.29. The molecule has 3 aliphatic rings. The summed E-state index contributed by atoms with van der Waals surface area (Å²) in [5.41, 5.74) is 0.214. The number of thiazole rings is 1. The maximum atomic E-state index is 15.8. The highest BCUT2D eigenvalue weighted by molar-refractivity contribution is 7.11. The first kappa shape index (κ1) is 32.1. The van der Waals surface area contributed by atoms with Gasteiger partial charge >= 0.3 is 11.9 Å². The van der Waals surface area contributed by atoms with Crippen molar-refractivity contribution in [2.75, 3.05) is 26.2 Å². The van der Waals surface area contributed by atoms with Crippen LogP contribution in [-0.4, -0.2) is 88.0 Å². The highest BCUT2D eigenvalue weighted by Gasteiger charge is 2.60. The first-order valence-corrected chi connectivity index (χ1v) is 15.6. The summed E-state index contributed by atoms with van der Waals surface area (Å²) in [4.78, 5) is 37.8. The summed E-state index contributed by atoms with van der Waals surface area (Å²) in [5, 5.41) is 15.1.